The van der Waals surface area contributed by atoms with Gasteiger partial charge in [-0.3, -0.25) is 0 Å². The van der Waals surface area contributed by atoms with Gasteiger partial charge < -0.3 is 10.6 Å². The van der Waals surface area contributed by atoms with Crippen LogP contribution in [0.25, 0.3) is 0 Å². The molecule has 0 radical (unpaired) electrons. The van der Waals surface area contributed by atoms with Crippen molar-refractivity contribution in [3.63, 3.8) is 0 Å². The molecule has 88 valence electrons. The highest BCUT2D eigenvalue weighted by atomic mass is 15.1. The minimum absolute atomic E-state index is 0.598. The predicted octanol–water partition coefficient (Wildman–Crippen LogP) is 1.51. The van der Waals surface area contributed by atoms with E-state index in [1.807, 2.05) is 13.0 Å². The van der Waals surface area contributed by atoms with Gasteiger partial charge in [0.15, 0.2) is 0 Å². The van der Waals surface area contributed by atoms with Crippen LogP contribution in [-0.2, 0) is 6.42 Å². The molecule has 4 nitrogen and oxygen atoms in total. The lowest BCUT2D eigenvalue weighted by atomic mass is 10.2. The van der Waals surface area contributed by atoms with Gasteiger partial charge in [-0.1, -0.05) is 6.92 Å². The molecule has 1 fully saturated rings. The van der Waals surface area contributed by atoms with Crippen LogP contribution in [0.5, 0.6) is 0 Å². The van der Waals surface area contributed by atoms with Crippen LogP contribution in [0.15, 0.2) is 6.07 Å². The highest BCUT2D eigenvalue weighted by molar-refractivity contribution is 5.36. The van der Waals surface area contributed by atoms with E-state index in [9.17, 15) is 0 Å². The Balaban J connectivity index is 1.94. The number of aromatic nitrogens is 2. The normalized spacial score (nSPS) is 20.0. The summed E-state index contributed by atoms with van der Waals surface area (Å²) in [5.74, 6) is 1.87. The van der Waals surface area contributed by atoms with Gasteiger partial charge in [-0.25, -0.2) is 9.97 Å². The van der Waals surface area contributed by atoms with Gasteiger partial charge in [0.25, 0.3) is 0 Å². The summed E-state index contributed by atoms with van der Waals surface area (Å²) in [5, 5.41) is 6.85. The van der Waals surface area contributed by atoms with E-state index in [4.69, 9.17) is 0 Å². The van der Waals surface area contributed by atoms with Crippen LogP contribution < -0.4 is 10.6 Å². The van der Waals surface area contributed by atoms with Crippen molar-refractivity contribution in [2.24, 2.45) is 0 Å². The zero-order valence-corrected chi connectivity index (χ0v) is 10.1. The molecular formula is C12H20N4. The van der Waals surface area contributed by atoms with Crippen molar-refractivity contribution in [2.45, 2.75) is 39.2 Å². The fraction of sp³-hybridized carbons (Fsp3) is 0.667. The lowest BCUT2D eigenvalue weighted by Crippen LogP contribution is -2.29. The molecule has 1 unspecified atom stereocenters. The Morgan fingerprint density at radius 2 is 2.38 bits per heavy atom. The van der Waals surface area contributed by atoms with E-state index in [0.717, 1.165) is 36.8 Å². The Bertz CT molecular complexity index is 345. The van der Waals surface area contributed by atoms with Gasteiger partial charge in [-0.05, 0) is 26.3 Å². The average Bonchev–Trinajstić information content (AvgIpc) is 2.78. The lowest BCUT2D eigenvalue weighted by molar-refractivity contribution is 0.632. The Labute approximate surface area is 96.9 Å². The molecule has 0 amide bonds. The molecule has 0 aromatic carbocycles. The molecule has 1 aromatic heterocycles. The number of nitrogens with zero attached hydrogens (tertiary/aromatic N) is 2. The molecule has 0 bridgehead atoms. The largest absolute Gasteiger partial charge is 0.368 e. The van der Waals surface area contributed by atoms with Crippen LogP contribution >= 0.6 is 0 Å². The lowest BCUT2D eigenvalue weighted by Gasteiger charge is -2.12. The van der Waals surface area contributed by atoms with Crippen molar-refractivity contribution in [1.29, 1.82) is 0 Å². The Morgan fingerprint density at radius 3 is 3.06 bits per heavy atom. The molecule has 0 saturated carbocycles. The van der Waals surface area contributed by atoms with Crippen molar-refractivity contribution in [1.82, 2.24) is 15.3 Å². The summed E-state index contributed by atoms with van der Waals surface area (Å²) in [4.78, 5) is 8.83. The first-order valence-electron chi connectivity index (χ1n) is 6.09. The molecule has 1 aliphatic rings. The summed E-state index contributed by atoms with van der Waals surface area (Å²) in [6.45, 7) is 6.20. The molecule has 1 aromatic rings. The second-order valence-corrected chi connectivity index (χ2v) is 4.34. The zero-order valence-electron chi connectivity index (χ0n) is 10.1. The van der Waals surface area contributed by atoms with Crippen LogP contribution in [0.1, 0.15) is 31.3 Å². The third-order valence-corrected chi connectivity index (χ3v) is 2.91. The van der Waals surface area contributed by atoms with E-state index in [2.05, 4.69) is 27.5 Å². The fourth-order valence-corrected chi connectivity index (χ4v) is 2.04. The van der Waals surface area contributed by atoms with Gasteiger partial charge in [0, 0.05) is 30.8 Å². The van der Waals surface area contributed by atoms with Gasteiger partial charge in [0.1, 0.15) is 11.6 Å². The van der Waals surface area contributed by atoms with Gasteiger partial charge in [0.2, 0.25) is 0 Å². The maximum atomic E-state index is 4.46. The van der Waals surface area contributed by atoms with E-state index in [-0.39, 0.29) is 0 Å². The van der Waals surface area contributed by atoms with Gasteiger partial charge >= 0.3 is 0 Å². The van der Waals surface area contributed by atoms with E-state index in [0.29, 0.717) is 6.04 Å². The molecule has 2 heterocycles. The Hall–Kier alpha value is -1.16. The molecule has 2 N–H and O–H groups in total. The number of hydrogen-bond donors (Lipinski definition) is 2. The van der Waals surface area contributed by atoms with E-state index < -0.39 is 0 Å². The summed E-state index contributed by atoms with van der Waals surface area (Å²) >= 11 is 0. The highest BCUT2D eigenvalue weighted by Gasteiger charge is 2.13. The molecule has 4 heteroatoms. The van der Waals surface area contributed by atoms with Crippen LogP contribution in [-0.4, -0.2) is 29.1 Å². The molecule has 16 heavy (non-hydrogen) atoms. The highest BCUT2D eigenvalue weighted by Crippen LogP contribution is 2.09. The first-order chi connectivity index (χ1) is 7.78. The van der Waals surface area contributed by atoms with Gasteiger partial charge in [-0.2, -0.15) is 0 Å². The third-order valence-electron chi connectivity index (χ3n) is 2.91. The van der Waals surface area contributed by atoms with Crippen LogP contribution in [0, 0.1) is 6.92 Å². The standard InChI is InChI=1S/C12H20N4/c1-3-11-15-9(2)7-12(16-11)14-8-10-5-4-6-13-10/h7,10,13H,3-6,8H2,1-2H3,(H,14,15,16). The number of rotatable bonds is 4. The molecule has 0 spiro atoms. The van der Waals surface area contributed by atoms with Crippen molar-refractivity contribution < 1.29 is 0 Å². The zero-order chi connectivity index (χ0) is 11.4. The first kappa shape index (κ1) is 11.3. The van der Waals surface area contributed by atoms with Gasteiger partial charge in [-0.15, -0.1) is 0 Å². The van der Waals surface area contributed by atoms with Crippen molar-refractivity contribution in [2.75, 3.05) is 18.4 Å². The van der Waals surface area contributed by atoms with Gasteiger partial charge in [0.05, 0.1) is 0 Å². The smallest absolute Gasteiger partial charge is 0.130 e. The first-order valence-corrected chi connectivity index (χ1v) is 6.09. The van der Waals surface area contributed by atoms with Crippen LogP contribution in [0.4, 0.5) is 5.82 Å². The molecule has 0 aliphatic carbocycles. The third kappa shape index (κ3) is 2.92. The maximum Gasteiger partial charge on any atom is 0.130 e. The van der Waals surface area contributed by atoms with Crippen molar-refractivity contribution in [3.8, 4) is 0 Å². The maximum absolute atomic E-state index is 4.46. The molecule has 1 saturated heterocycles. The Morgan fingerprint density at radius 1 is 1.50 bits per heavy atom. The number of hydrogen-bond acceptors (Lipinski definition) is 4. The topological polar surface area (TPSA) is 49.8 Å². The van der Waals surface area contributed by atoms with Crippen LogP contribution in [0.3, 0.4) is 0 Å². The van der Waals surface area contributed by atoms with E-state index in [1.54, 1.807) is 0 Å². The predicted molar refractivity (Wildman–Crippen MR) is 65.7 cm³/mol. The summed E-state index contributed by atoms with van der Waals surface area (Å²) in [5.41, 5.74) is 1.04. The fourth-order valence-electron chi connectivity index (χ4n) is 2.04. The monoisotopic (exact) mass is 220 g/mol. The number of nitrogens with one attached hydrogen (secondary N) is 2. The van der Waals surface area contributed by atoms with Crippen molar-refractivity contribution in [3.05, 3.63) is 17.6 Å². The number of anilines is 1. The summed E-state index contributed by atoms with van der Waals surface area (Å²) in [6.07, 6.45) is 3.44. The molecular weight excluding hydrogens is 200 g/mol. The van der Waals surface area contributed by atoms with E-state index >= 15 is 0 Å². The Kier molecular flexibility index (Phi) is 3.72. The second kappa shape index (κ2) is 5.25. The van der Waals surface area contributed by atoms with E-state index in [1.165, 1.54) is 12.8 Å². The summed E-state index contributed by atoms with van der Waals surface area (Å²) < 4.78 is 0. The molecule has 2 rings (SSSR count). The molecule has 1 atom stereocenters. The molecule has 1 aliphatic heterocycles. The second-order valence-electron chi connectivity index (χ2n) is 4.34. The van der Waals surface area contributed by atoms with Crippen LogP contribution in [0.2, 0.25) is 0 Å². The summed E-state index contributed by atoms with van der Waals surface area (Å²) in [6, 6.07) is 2.61. The average molecular weight is 220 g/mol. The minimum atomic E-state index is 0.598. The summed E-state index contributed by atoms with van der Waals surface area (Å²) in [7, 11) is 0. The number of aryl methyl sites for hydroxylation is 2. The van der Waals surface area contributed by atoms with Crippen molar-refractivity contribution >= 4 is 5.82 Å². The SMILES string of the molecule is CCc1nc(C)cc(NCC2CCCN2)n1. The minimum Gasteiger partial charge on any atom is -0.368 e. The quantitative estimate of drug-likeness (QED) is 0.807.